The van der Waals surface area contributed by atoms with Crippen LogP contribution >= 0.6 is 0 Å². The zero-order valence-electron chi connectivity index (χ0n) is 8.63. The second-order valence-electron chi connectivity index (χ2n) is 2.73. The molecular weight excluding hydrogens is 196 g/mol. The molecule has 5 heteroatoms. The SMILES string of the molecule is CCOC=CC(=O)OCCn1ccnc1. The maximum absolute atomic E-state index is 11.0. The van der Waals surface area contributed by atoms with Gasteiger partial charge in [0.25, 0.3) is 0 Å². The molecule has 0 N–H and O–H groups in total. The summed E-state index contributed by atoms with van der Waals surface area (Å²) in [5, 5.41) is 0. The Hall–Kier alpha value is -1.78. The Morgan fingerprint density at radius 1 is 1.60 bits per heavy atom. The summed E-state index contributed by atoms with van der Waals surface area (Å²) in [5.74, 6) is -0.399. The number of hydrogen-bond acceptors (Lipinski definition) is 4. The molecule has 0 amide bonds. The summed E-state index contributed by atoms with van der Waals surface area (Å²) >= 11 is 0. The van der Waals surface area contributed by atoms with Crippen molar-refractivity contribution in [1.82, 2.24) is 9.55 Å². The minimum atomic E-state index is -0.399. The zero-order chi connectivity index (χ0) is 10.9. The number of hydrogen-bond donors (Lipinski definition) is 0. The van der Waals surface area contributed by atoms with Gasteiger partial charge in [0.1, 0.15) is 6.61 Å². The van der Waals surface area contributed by atoms with Gasteiger partial charge in [-0.2, -0.15) is 0 Å². The quantitative estimate of drug-likeness (QED) is 0.399. The largest absolute Gasteiger partial charge is 0.501 e. The Bertz CT molecular complexity index is 306. The van der Waals surface area contributed by atoms with Gasteiger partial charge in [0, 0.05) is 12.4 Å². The standard InChI is InChI=1S/C10H14N2O3/c1-2-14-7-3-10(13)15-8-6-12-5-4-11-9-12/h3-5,7,9H,2,6,8H2,1H3. The predicted molar refractivity (Wildman–Crippen MR) is 54.0 cm³/mol. The Morgan fingerprint density at radius 3 is 3.13 bits per heavy atom. The lowest BCUT2D eigenvalue weighted by Gasteiger charge is -2.02. The first-order chi connectivity index (χ1) is 7.33. The predicted octanol–water partition coefficient (Wildman–Crippen LogP) is 0.977. The molecule has 0 saturated heterocycles. The molecule has 0 saturated carbocycles. The maximum atomic E-state index is 11.0. The van der Waals surface area contributed by atoms with Gasteiger partial charge in [-0.3, -0.25) is 0 Å². The van der Waals surface area contributed by atoms with E-state index in [2.05, 4.69) is 4.98 Å². The van der Waals surface area contributed by atoms with E-state index < -0.39 is 5.97 Å². The van der Waals surface area contributed by atoms with Crippen LogP contribution < -0.4 is 0 Å². The van der Waals surface area contributed by atoms with Crippen molar-refractivity contribution in [2.45, 2.75) is 13.5 Å². The van der Waals surface area contributed by atoms with Crippen LogP contribution in [-0.4, -0.2) is 28.7 Å². The zero-order valence-corrected chi connectivity index (χ0v) is 8.63. The van der Waals surface area contributed by atoms with E-state index in [9.17, 15) is 4.79 Å². The number of aromatic nitrogens is 2. The van der Waals surface area contributed by atoms with Gasteiger partial charge in [-0.05, 0) is 6.92 Å². The molecule has 0 radical (unpaired) electrons. The van der Waals surface area contributed by atoms with E-state index in [0.29, 0.717) is 19.8 Å². The van der Waals surface area contributed by atoms with Crippen LogP contribution in [0.2, 0.25) is 0 Å². The van der Waals surface area contributed by atoms with Gasteiger partial charge >= 0.3 is 5.97 Å². The van der Waals surface area contributed by atoms with E-state index in [-0.39, 0.29) is 0 Å². The van der Waals surface area contributed by atoms with E-state index in [1.807, 2.05) is 17.7 Å². The van der Waals surface area contributed by atoms with Gasteiger partial charge in [0.2, 0.25) is 0 Å². The molecule has 0 bridgehead atoms. The van der Waals surface area contributed by atoms with Crippen molar-refractivity contribution < 1.29 is 14.3 Å². The highest BCUT2D eigenvalue weighted by Crippen LogP contribution is 1.88. The number of esters is 1. The highest BCUT2D eigenvalue weighted by Gasteiger charge is 1.96. The summed E-state index contributed by atoms with van der Waals surface area (Å²) in [5.41, 5.74) is 0. The first-order valence-corrected chi connectivity index (χ1v) is 4.73. The topological polar surface area (TPSA) is 53.4 Å². The molecule has 5 nitrogen and oxygen atoms in total. The number of nitrogens with zero attached hydrogens (tertiary/aromatic N) is 2. The Balaban J connectivity index is 2.12. The average molecular weight is 210 g/mol. The van der Waals surface area contributed by atoms with Crippen LogP contribution in [-0.2, 0) is 20.8 Å². The summed E-state index contributed by atoms with van der Waals surface area (Å²) in [4.78, 5) is 14.9. The van der Waals surface area contributed by atoms with Gasteiger partial charge in [0.15, 0.2) is 0 Å². The molecule has 0 aliphatic rings. The third-order valence-corrected chi connectivity index (χ3v) is 1.62. The molecule has 0 unspecified atom stereocenters. The molecule has 0 fully saturated rings. The third kappa shape index (κ3) is 4.85. The number of carbonyl (C=O) groups is 1. The molecule has 0 aliphatic carbocycles. The highest BCUT2D eigenvalue weighted by atomic mass is 16.5. The Morgan fingerprint density at radius 2 is 2.47 bits per heavy atom. The van der Waals surface area contributed by atoms with Crippen LogP contribution in [0.4, 0.5) is 0 Å². The van der Waals surface area contributed by atoms with E-state index >= 15 is 0 Å². The van der Waals surface area contributed by atoms with E-state index in [1.165, 1.54) is 12.3 Å². The van der Waals surface area contributed by atoms with Gasteiger partial charge in [0.05, 0.1) is 31.8 Å². The number of carbonyl (C=O) groups excluding carboxylic acids is 1. The molecule has 0 spiro atoms. The van der Waals surface area contributed by atoms with Gasteiger partial charge < -0.3 is 14.0 Å². The van der Waals surface area contributed by atoms with Crippen molar-refractivity contribution in [2.24, 2.45) is 0 Å². The lowest BCUT2D eigenvalue weighted by Crippen LogP contribution is -2.08. The summed E-state index contributed by atoms with van der Waals surface area (Å²) in [6.07, 6.45) is 7.75. The molecule has 82 valence electrons. The fraction of sp³-hybridized carbons (Fsp3) is 0.400. The molecule has 1 aromatic heterocycles. The molecular formula is C10H14N2O3. The van der Waals surface area contributed by atoms with Crippen LogP contribution in [0.1, 0.15) is 6.92 Å². The maximum Gasteiger partial charge on any atom is 0.333 e. The van der Waals surface area contributed by atoms with Crippen LogP contribution in [0.15, 0.2) is 31.1 Å². The van der Waals surface area contributed by atoms with Crippen molar-refractivity contribution in [3.63, 3.8) is 0 Å². The summed E-state index contributed by atoms with van der Waals surface area (Å²) in [7, 11) is 0. The Kier molecular flexibility index (Phi) is 5.00. The van der Waals surface area contributed by atoms with Crippen molar-refractivity contribution in [2.75, 3.05) is 13.2 Å². The van der Waals surface area contributed by atoms with Crippen LogP contribution in [0.3, 0.4) is 0 Å². The van der Waals surface area contributed by atoms with Crippen molar-refractivity contribution in [3.05, 3.63) is 31.1 Å². The fourth-order valence-corrected chi connectivity index (χ4v) is 0.919. The van der Waals surface area contributed by atoms with Crippen LogP contribution in [0, 0.1) is 0 Å². The van der Waals surface area contributed by atoms with Gasteiger partial charge in [-0.25, -0.2) is 9.78 Å². The third-order valence-electron chi connectivity index (χ3n) is 1.62. The summed E-state index contributed by atoms with van der Waals surface area (Å²) in [6, 6.07) is 0. The molecule has 1 heterocycles. The molecule has 1 rings (SSSR count). The van der Waals surface area contributed by atoms with Crippen molar-refractivity contribution >= 4 is 5.97 Å². The molecule has 1 aromatic rings. The second-order valence-corrected chi connectivity index (χ2v) is 2.73. The van der Waals surface area contributed by atoms with Crippen molar-refractivity contribution in [1.29, 1.82) is 0 Å². The highest BCUT2D eigenvalue weighted by molar-refractivity contribution is 5.81. The molecule has 0 aliphatic heterocycles. The number of ether oxygens (including phenoxy) is 2. The fourth-order valence-electron chi connectivity index (χ4n) is 0.919. The Labute approximate surface area is 88.3 Å². The normalized spacial score (nSPS) is 10.5. The number of imidazole rings is 1. The number of rotatable bonds is 6. The lowest BCUT2D eigenvalue weighted by atomic mass is 10.6. The first-order valence-electron chi connectivity index (χ1n) is 4.73. The van der Waals surface area contributed by atoms with E-state index in [0.717, 1.165) is 0 Å². The van der Waals surface area contributed by atoms with Crippen molar-refractivity contribution in [3.8, 4) is 0 Å². The summed E-state index contributed by atoms with van der Waals surface area (Å²) < 4.78 is 11.6. The van der Waals surface area contributed by atoms with Crippen LogP contribution in [0.25, 0.3) is 0 Å². The molecule has 15 heavy (non-hydrogen) atoms. The van der Waals surface area contributed by atoms with Gasteiger partial charge in [-0.1, -0.05) is 0 Å². The lowest BCUT2D eigenvalue weighted by molar-refractivity contribution is -0.138. The van der Waals surface area contributed by atoms with E-state index in [4.69, 9.17) is 9.47 Å². The molecule has 0 atom stereocenters. The first kappa shape index (κ1) is 11.3. The monoisotopic (exact) mass is 210 g/mol. The molecule has 0 aromatic carbocycles. The van der Waals surface area contributed by atoms with E-state index in [1.54, 1.807) is 12.5 Å². The summed E-state index contributed by atoms with van der Waals surface area (Å²) in [6.45, 7) is 3.31. The van der Waals surface area contributed by atoms with Crippen LogP contribution in [0.5, 0.6) is 0 Å². The smallest absolute Gasteiger partial charge is 0.333 e. The minimum absolute atomic E-state index is 0.325. The van der Waals surface area contributed by atoms with Gasteiger partial charge in [-0.15, -0.1) is 0 Å². The second kappa shape index (κ2) is 6.64. The average Bonchev–Trinajstić information content (AvgIpc) is 2.71. The minimum Gasteiger partial charge on any atom is -0.501 e.